The first kappa shape index (κ1) is 43.2. The molecule has 0 aliphatic rings. The van der Waals surface area contributed by atoms with Crippen molar-refractivity contribution in [3.63, 3.8) is 0 Å². The number of carbonyl (C=O) groups is 3. The second-order valence-corrected chi connectivity index (χ2v) is 10.3. The lowest BCUT2D eigenvalue weighted by molar-refractivity contribution is -0.162. The maximum Gasteiger partial charge on any atom is 0.306 e. The van der Waals surface area contributed by atoms with Crippen LogP contribution in [0.15, 0.2) is 0 Å². The van der Waals surface area contributed by atoms with Crippen LogP contribution in [0.2, 0.25) is 0 Å². The van der Waals surface area contributed by atoms with Gasteiger partial charge in [-0.25, -0.2) is 0 Å². The van der Waals surface area contributed by atoms with Gasteiger partial charge in [0, 0.05) is 30.3 Å². The zero-order valence-corrected chi connectivity index (χ0v) is 28.1. The molecule has 0 aliphatic heterocycles. The Morgan fingerprint density at radius 1 is 0.538 bits per heavy atom. The molecule has 0 saturated heterocycles. The first-order valence-corrected chi connectivity index (χ1v) is 16.3. The molecular formula is C27H54O8S4. The molecule has 0 aliphatic carbocycles. The molecule has 12 heteroatoms. The summed E-state index contributed by atoms with van der Waals surface area (Å²) in [7, 11) is 0. The van der Waals surface area contributed by atoms with Crippen LogP contribution in [0.3, 0.4) is 0 Å². The van der Waals surface area contributed by atoms with Crippen molar-refractivity contribution in [2.75, 3.05) is 69.3 Å². The number of thiol groups is 4. The van der Waals surface area contributed by atoms with Gasteiger partial charge in [0.25, 0.3) is 0 Å². The summed E-state index contributed by atoms with van der Waals surface area (Å²) in [4.78, 5) is 34.8. The summed E-state index contributed by atoms with van der Waals surface area (Å²) >= 11 is 16.0. The van der Waals surface area contributed by atoms with Crippen molar-refractivity contribution in [3.8, 4) is 0 Å². The Kier molecular flexibility index (Phi) is 37.6. The van der Waals surface area contributed by atoms with Crippen LogP contribution in [0.25, 0.3) is 0 Å². The largest absolute Gasteiger partial charge is 0.465 e. The molecule has 0 spiro atoms. The first-order chi connectivity index (χ1) is 18.8. The lowest BCUT2D eigenvalue weighted by Crippen LogP contribution is -2.39. The monoisotopic (exact) mass is 634 g/mol. The van der Waals surface area contributed by atoms with Gasteiger partial charge in [-0.1, -0.05) is 34.1 Å². The summed E-state index contributed by atoms with van der Waals surface area (Å²) in [6.45, 7) is 11.0. The highest BCUT2D eigenvalue weighted by Crippen LogP contribution is 2.25. The lowest BCUT2D eigenvalue weighted by Gasteiger charge is -2.31. The van der Waals surface area contributed by atoms with Crippen molar-refractivity contribution in [1.29, 1.82) is 0 Å². The Morgan fingerprint density at radius 3 is 1.31 bits per heavy atom. The predicted octanol–water partition coefficient (Wildman–Crippen LogP) is 5.53. The number of carbonyl (C=O) groups excluding carboxylic acids is 3. The molecule has 0 saturated carbocycles. The topological polar surface area (TPSA) is 97.4 Å². The number of hydrogen-bond acceptors (Lipinski definition) is 12. The average Bonchev–Trinajstić information content (AvgIpc) is 2.92. The van der Waals surface area contributed by atoms with Crippen molar-refractivity contribution in [1.82, 2.24) is 0 Å². The van der Waals surface area contributed by atoms with Gasteiger partial charge in [-0.3, -0.25) is 14.4 Å². The van der Waals surface area contributed by atoms with Gasteiger partial charge < -0.3 is 23.7 Å². The van der Waals surface area contributed by atoms with Crippen molar-refractivity contribution >= 4 is 68.4 Å². The molecular weight excluding hydrogens is 581 g/mol. The van der Waals surface area contributed by atoms with Crippen LogP contribution >= 0.6 is 50.5 Å². The minimum Gasteiger partial charge on any atom is -0.465 e. The van der Waals surface area contributed by atoms with Crippen LogP contribution in [-0.4, -0.2) is 87.2 Å². The molecule has 0 N–H and O–H groups in total. The molecule has 0 fully saturated rings. The van der Waals surface area contributed by atoms with Crippen molar-refractivity contribution in [2.24, 2.45) is 5.41 Å². The maximum atomic E-state index is 11.6. The van der Waals surface area contributed by atoms with E-state index in [0.717, 1.165) is 31.1 Å². The molecule has 0 amide bonds. The Balaban J connectivity index is -0.000000706. The van der Waals surface area contributed by atoms with E-state index < -0.39 is 5.41 Å². The first-order valence-electron chi connectivity index (χ1n) is 13.8. The summed E-state index contributed by atoms with van der Waals surface area (Å²) in [6, 6.07) is 0. The zero-order valence-electron chi connectivity index (χ0n) is 24.5. The molecule has 39 heavy (non-hydrogen) atoms. The summed E-state index contributed by atoms with van der Waals surface area (Å²) in [5.74, 6) is 1.51. The normalized spacial score (nSPS) is 10.5. The van der Waals surface area contributed by atoms with E-state index in [0.29, 0.717) is 44.0 Å². The third-order valence-corrected chi connectivity index (χ3v) is 5.87. The highest BCUT2D eigenvalue weighted by Gasteiger charge is 2.34. The van der Waals surface area contributed by atoms with E-state index >= 15 is 0 Å². The third-order valence-electron chi connectivity index (χ3n) is 4.92. The Bertz CT molecular complexity index is 503. The minimum absolute atomic E-state index is 0.0175. The lowest BCUT2D eigenvalue weighted by atomic mass is 9.88. The van der Waals surface area contributed by atoms with Crippen LogP contribution in [0.4, 0.5) is 0 Å². The van der Waals surface area contributed by atoms with E-state index in [1.165, 1.54) is 12.8 Å². The molecule has 0 atom stereocenters. The van der Waals surface area contributed by atoms with Crippen molar-refractivity contribution < 1.29 is 38.1 Å². The average molecular weight is 635 g/mol. The molecule has 234 valence electrons. The smallest absolute Gasteiger partial charge is 0.306 e. The Morgan fingerprint density at radius 2 is 1.00 bits per heavy atom. The number of unbranched alkanes of at least 4 members (excludes halogenated alkanes) is 1. The molecule has 8 nitrogen and oxygen atoms in total. The molecule has 0 heterocycles. The molecule has 0 rings (SSSR count). The second kappa shape index (κ2) is 33.9. The standard InChI is InChI=1S/C16H28O6S2.C7H16O2S.C4H10S/c1-3-5-13(17)20-10-16(4-2,11-21-14(18)6-8-23)12-22-15(19)7-9-24;1-2-3-8-4-5-9-6-7-10;1-2-3-4-5/h23-24H,3-12H2,1-2H3;10H,2-7H2,1H3;5H,2-4H2,1H3. The quantitative estimate of drug-likeness (QED) is 0.0535. The number of esters is 3. The van der Waals surface area contributed by atoms with Crippen LogP contribution < -0.4 is 0 Å². The second-order valence-electron chi connectivity index (χ2n) is 8.56. The van der Waals surface area contributed by atoms with Crippen LogP contribution in [0.5, 0.6) is 0 Å². The van der Waals surface area contributed by atoms with E-state index in [1.807, 2.05) is 13.8 Å². The zero-order chi connectivity index (χ0) is 30.2. The van der Waals surface area contributed by atoms with E-state index in [1.54, 1.807) is 0 Å². The number of hydrogen-bond donors (Lipinski definition) is 4. The third kappa shape index (κ3) is 32.1. The van der Waals surface area contributed by atoms with Gasteiger partial charge in [0.15, 0.2) is 0 Å². The van der Waals surface area contributed by atoms with E-state index in [4.69, 9.17) is 23.7 Å². The molecule has 0 radical (unpaired) electrons. The van der Waals surface area contributed by atoms with Gasteiger partial charge in [0.1, 0.15) is 19.8 Å². The van der Waals surface area contributed by atoms with Crippen molar-refractivity contribution in [3.05, 3.63) is 0 Å². The SMILES string of the molecule is CCCC(=O)OCC(CC)(COC(=O)CCS)COC(=O)CCS.CCCCS.CCCOCCOCCS. The number of rotatable bonds is 22. The maximum absolute atomic E-state index is 11.6. The molecule has 0 unspecified atom stereocenters. The molecule has 0 bridgehead atoms. The highest BCUT2D eigenvalue weighted by atomic mass is 32.1. The van der Waals surface area contributed by atoms with Gasteiger partial charge >= 0.3 is 17.9 Å². The van der Waals surface area contributed by atoms with Gasteiger partial charge in [0.05, 0.1) is 38.1 Å². The van der Waals surface area contributed by atoms with Crippen LogP contribution in [0, 0.1) is 5.41 Å². The Hall–Kier alpha value is -0.270. The summed E-state index contributed by atoms with van der Waals surface area (Å²) in [5, 5.41) is 0. The van der Waals surface area contributed by atoms with Gasteiger partial charge in [-0.15, -0.1) is 0 Å². The van der Waals surface area contributed by atoms with Crippen LogP contribution in [0.1, 0.15) is 79.1 Å². The minimum atomic E-state index is -0.748. The van der Waals surface area contributed by atoms with Crippen LogP contribution in [-0.2, 0) is 38.1 Å². The fourth-order valence-corrected chi connectivity index (χ4v) is 3.23. The van der Waals surface area contributed by atoms with Gasteiger partial charge in [0.2, 0.25) is 0 Å². The summed E-state index contributed by atoms with van der Waals surface area (Å²) in [6.07, 6.45) is 5.51. The molecule has 0 aromatic heterocycles. The van der Waals surface area contributed by atoms with E-state index in [9.17, 15) is 14.4 Å². The summed E-state index contributed by atoms with van der Waals surface area (Å²) in [5.41, 5.74) is -0.748. The van der Waals surface area contributed by atoms with Crippen molar-refractivity contribution in [2.45, 2.75) is 79.1 Å². The molecule has 0 aromatic rings. The Labute approximate surface area is 259 Å². The number of ether oxygens (including phenoxy) is 5. The fourth-order valence-electron chi connectivity index (χ4n) is 2.42. The van der Waals surface area contributed by atoms with Gasteiger partial charge in [-0.2, -0.15) is 50.5 Å². The molecule has 0 aromatic carbocycles. The van der Waals surface area contributed by atoms with E-state index in [2.05, 4.69) is 64.4 Å². The fraction of sp³-hybridized carbons (Fsp3) is 0.889. The summed E-state index contributed by atoms with van der Waals surface area (Å²) < 4.78 is 26.1. The highest BCUT2D eigenvalue weighted by molar-refractivity contribution is 7.80. The van der Waals surface area contributed by atoms with E-state index in [-0.39, 0.29) is 50.6 Å². The van der Waals surface area contributed by atoms with Gasteiger partial charge in [-0.05, 0) is 31.4 Å². The predicted molar refractivity (Wildman–Crippen MR) is 172 cm³/mol.